The monoisotopic (exact) mass is 296 g/mol. The van der Waals surface area contributed by atoms with Gasteiger partial charge in [0.25, 0.3) is 0 Å². The summed E-state index contributed by atoms with van der Waals surface area (Å²) in [4.78, 5) is 13.7. The Morgan fingerprint density at radius 1 is 1.33 bits per heavy atom. The summed E-state index contributed by atoms with van der Waals surface area (Å²) < 4.78 is 18.3. The number of hydrogen-bond acceptors (Lipinski definition) is 4. The Kier molecular flexibility index (Phi) is 7.93. The van der Waals surface area contributed by atoms with Crippen LogP contribution in [0.1, 0.15) is 36.2 Å². The van der Waals surface area contributed by atoms with E-state index in [0.29, 0.717) is 6.54 Å². The highest BCUT2D eigenvalue weighted by Crippen LogP contribution is 2.11. The molecule has 0 aliphatic carbocycles. The van der Waals surface area contributed by atoms with Crippen LogP contribution in [0.5, 0.6) is 0 Å². The van der Waals surface area contributed by atoms with Gasteiger partial charge in [-0.05, 0) is 37.2 Å². The van der Waals surface area contributed by atoms with Crippen molar-refractivity contribution in [2.45, 2.75) is 26.8 Å². The third-order valence-corrected chi connectivity index (χ3v) is 3.36. The van der Waals surface area contributed by atoms with E-state index in [1.807, 2.05) is 0 Å². The fraction of sp³-hybridized carbons (Fsp3) is 0.562. The Labute approximate surface area is 126 Å². The molecular formula is C16H25FN2O2. The van der Waals surface area contributed by atoms with Crippen molar-refractivity contribution < 1.29 is 13.9 Å². The third kappa shape index (κ3) is 5.81. The van der Waals surface area contributed by atoms with Crippen LogP contribution in [0, 0.1) is 5.82 Å². The van der Waals surface area contributed by atoms with Crippen LogP contribution in [-0.4, -0.2) is 44.2 Å². The van der Waals surface area contributed by atoms with Gasteiger partial charge in [0.2, 0.25) is 0 Å². The van der Waals surface area contributed by atoms with Gasteiger partial charge in [-0.2, -0.15) is 0 Å². The Hall–Kier alpha value is -1.46. The number of carbonyl (C=O) groups is 1. The van der Waals surface area contributed by atoms with Crippen LogP contribution in [0.2, 0.25) is 0 Å². The van der Waals surface area contributed by atoms with Crippen molar-refractivity contribution >= 4 is 5.97 Å². The molecule has 0 fully saturated rings. The standard InChI is InChI=1S/C16H25FN2O2/c1-4-9-19(5-2)10-8-18-12-13-6-7-14(15(17)11-13)16(20)21-3/h6-7,11,18H,4-5,8-10,12H2,1-3H3. The molecule has 0 aliphatic rings. The van der Waals surface area contributed by atoms with Gasteiger partial charge in [0, 0.05) is 19.6 Å². The minimum atomic E-state index is -0.648. The molecule has 0 atom stereocenters. The highest BCUT2D eigenvalue weighted by atomic mass is 19.1. The molecule has 0 saturated carbocycles. The van der Waals surface area contributed by atoms with Crippen LogP contribution >= 0.6 is 0 Å². The zero-order chi connectivity index (χ0) is 15.7. The summed E-state index contributed by atoms with van der Waals surface area (Å²) in [5.41, 5.74) is 0.792. The van der Waals surface area contributed by atoms with E-state index in [-0.39, 0.29) is 5.56 Å². The zero-order valence-electron chi connectivity index (χ0n) is 13.1. The molecule has 0 saturated heterocycles. The predicted molar refractivity (Wildman–Crippen MR) is 81.9 cm³/mol. The lowest BCUT2D eigenvalue weighted by atomic mass is 10.1. The Morgan fingerprint density at radius 3 is 2.67 bits per heavy atom. The number of carbonyl (C=O) groups excluding carboxylic acids is 1. The SMILES string of the molecule is CCCN(CC)CCNCc1ccc(C(=O)OC)c(F)c1. The van der Waals surface area contributed by atoms with Crippen molar-refractivity contribution in [2.75, 3.05) is 33.3 Å². The van der Waals surface area contributed by atoms with Crippen LogP contribution in [-0.2, 0) is 11.3 Å². The maximum absolute atomic E-state index is 13.7. The quantitative estimate of drug-likeness (QED) is 0.561. The van der Waals surface area contributed by atoms with E-state index in [1.165, 1.54) is 19.2 Å². The predicted octanol–water partition coefficient (Wildman–Crippen LogP) is 2.43. The molecule has 0 aromatic heterocycles. The molecule has 0 heterocycles. The van der Waals surface area contributed by atoms with Crippen LogP contribution < -0.4 is 5.32 Å². The third-order valence-electron chi connectivity index (χ3n) is 3.36. The summed E-state index contributed by atoms with van der Waals surface area (Å²) in [6.45, 7) is 8.88. The van der Waals surface area contributed by atoms with E-state index in [2.05, 4.69) is 28.8 Å². The second-order valence-electron chi connectivity index (χ2n) is 4.92. The van der Waals surface area contributed by atoms with E-state index < -0.39 is 11.8 Å². The molecule has 0 amide bonds. The molecule has 4 nitrogen and oxygen atoms in total. The Balaban J connectivity index is 2.42. The number of nitrogens with one attached hydrogen (secondary N) is 1. The van der Waals surface area contributed by atoms with E-state index in [4.69, 9.17) is 0 Å². The first-order valence-electron chi connectivity index (χ1n) is 7.42. The van der Waals surface area contributed by atoms with Crippen LogP contribution in [0.25, 0.3) is 0 Å². The molecule has 118 valence electrons. The number of methoxy groups -OCH3 is 1. The zero-order valence-corrected chi connectivity index (χ0v) is 13.1. The molecule has 0 radical (unpaired) electrons. The highest BCUT2D eigenvalue weighted by Gasteiger charge is 2.12. The summed E-state index contributed by atoms with van der Waals surface area (Å²) in [7, 11) is 1.24. The first-order valence-corrected chi connectivity index (χ1v) is 7.42. The number of benzene rings is 1. The highest BCUT2D eigenvalue weighted by molar-refractivity contribution is 5.89. The fourth-order valence-corrected chi connectivity index (χ4v) is 2.16. The van der Waals surface area contributed by atoms with E-state index in [0.717, 1.165) is 38.2 Å². The number of esters is 1. The molecule has 1 rings (SSSR count). The van der Waals surface area contributed by atoms with Crippen LogP contribution in [0.4, 0.5) is 4.39 Å². The van der Waals surface area contributed by atoms with Gasteiger partial charge in [0.1, 0.15) is 5.82 Å². The molecular weight excluding hydrogens is 271 g/mol. The summed E-state index contributed by atoms with van der Waals surface area (Å²) in [5, 5.41) is 3.29. The molecule has 1 aromatic rings. The van der Waals surface area contributed by atoms with Gasteiger partial charge >= 0.3 is 5.97 Å². The van der Waals surface area contributed by atoms with E-state index in [9.17, 15) is 9.18 Å². The smallest absolute Gasteiger partial charge is 0.340 e. The number of nitrogens with zero attached hydrogens (tertiary/aromatic N) is 1. The second kappa shape index (κ2) is 9.47. The maximum Gasteiger partial charge on any atom is 0.340 e. The molecule has 0 aliphatic heterocycles. The molecule has 0 unspecified atom stereocenters. The number of halogens is 1. The molecule has 0 bridgehead atoms. The molecule has 5 heteroatoms. The van der Waals surface area contributed by atoms with Gasteiger partial charge < -0.3 is 15.0 Å². The van der Waals surface area contributed by atoms with Gasteiger partial charge in [0.15, 0.2) is 0 Å². The number of likely N-dealkylation sites (N-methyl/N-ethyl adjacent to an activating group) is 1. The fourth-order valence-electron chi connectivity index (χ4n) is 2.16. The van der Waals surface area contributed by atoms with Crippen molar-refractivity contribution in [1.82, 2.24) is 10.2 Å². The van der Waals surface area contributed by atoms with Crippen molar-refractivity contribution in [3.8, 4) is 0 Å². The van der Waals surface area contributed by atoms with E-state index >= 15 is 0 Å². The molecule has 21 heavy (non-hydrogen) atoms. The van der Waals surface area contributed by atoms with Gasteiger partial charge in [-0.1, -0.05) is 19.9 Å². The van der Waals surface area contributed by atoms with Crippen molar-refractivity contribution in [2.24, 2.45) is 0 Å². The maximum atomic E-state index is 13.7. The minimum Gasteiger partial charge on any atom is -0.465 e. The molecule has 0 spiro atoms. The van der Waals surface area contributed by atoms with Crippen molar-refractivity contribution in [3.63, 3.8) is 0 Å². The average Bonchev–Trinajstić information content (AvgIpc) is 2.49. The summed E-state index contributed by atoms with van der Waals surface area (Å²) >= 11 is 0. The Bertz CT molecular complexity index is 452. The van der Waals surface area contributed by atoms with Crippen molar-refractivity contribution in [3.05, 3.63) is 35.1 Å². The van der Waals surface area contributed by atoms with Crippen molar-refractivity contribution in [1.29, 1.82) is 0 Å². The number of hydrogen-bond donors (Lipinski definition) is 1. The molecule has 1 aromatic carbocycles. The lowest BCUT2D eigenvalue weighted by Crippen LogP contribution is -2.32. The van der Waals surface area contributed by atoms with Gasteiger partial charge in [-0.25, -0.2) is 9.18 Å². The van der Waals surface area contributed by atoms with Gasteiger partial charge in [-0.15, -0.1) is 0 Å². The first-order chi connectivity index (χ1) is 10.1. The van der Waals surface area contributed by atoms with Gasteiger partial charge in [-0.3, -0.25) is 0 Å². The lowest BCUT2D eigenvalue weighted by Gasteiger charge is -2.19. The summed E-state index contributed by atoms with van der Waals surface area (Å²) in [6, 6.07) is 4.59. The minimum absolute atomic E-state index is 0.0265. The number of rotatable bonds is 9. The first kappa shape index (κ1) is 17.6. The second-order valence-corrected chi connectivity index (χ2v) is 4.92. The van der Waals surface area contributed by atoms with Crippen LogP contribution in [0.3, 0.4) is 0 Å². The largest absolute Gasteiger partial charge is 0.465 e. The topological polar surface area (TPSA) is 41.6 Å². The number of ether oxygens (including phenoxy) is 1. The molecule has 1 N–H and O–H groups in total. The summed E-state index contributed by atoms with van der Waals surface area (Å²) in [6.07, 6.45) is 1.15. The van der Waals surface area contributed by atoms with Gasteiger partial charge in [0.05, 0.1) is 12.7 Å². The van der Waals surface area contributed by atoms with Crippen LogP contribution in [0.15, 0.2) is 18.2 Å². The Morgan fingerprint density at radius 2 is 2.10 bits per heavy atom. The van der Waals surface area contributed by atoms with E-state index in [1.54, 1.807) is 6.07 Å². The summed E-state index contributed by atoms with van der Waals surface area (Å²) in [5.74, 6) is -1.19. The normalized spacial score (nSPS) is 10.9. The lowest BCUT2D eigenvalue weighted by molar-refractivity contribution is 0.0595. The average molecular weight is 296 g/mol.